The van der Waals surface area contributed by atoms with Crippen LogP contribution in [0.2, 0.25) is 0 Å². The molecule has 2 aromatic rings. The summed E-state index contributed by atoms with van der Waals surface area (Å²) in [7, 11) is 0. The molecule has 0 aromatic heterocycles. The Morgan fingerprint density at radius 3 is 2.34 bits per heavy atom. The predicted octanol–water partition coefficient (Wildman–Crippen LogP) is 2.06. The second-order valence-electron chi connectivity index (χ2n) is 7.70. The van der Waals surface area contributed by atoms with Gasteiger partial charge in [0.25, 0.3) is 5.91 Å². The summed E-state index contributed by atoms with van der Waals surface area (Å²) in [6.45, 7) is 0.0941. The number of fused-ring (bicyclic) bond motifs is 3. The van der Waals surface area contributed by atoms with Gasteiger partial charge in [0.1, 0.15) is 12.7 Å². The molecule has 0 saturated carbocycles. The molecule has 0 spiro atoms. The number of carbonyl (C=O) groups excluding carboxylic acids is 2. The van der Waals surface area contributed by atoms with Crippen LogP contribution >= 0.6 is 0 Å². The van der Waals surface area contributed by atoms with Crippen molar-refractivity contribution in [3.05, 3.63) is 59.7 Å². The van der Waals surface area contributed by atoms with Gasteiger partial charge in [-0.25, -0.2) is 15.1 Å². The minimum Gasteiger partial charge on any atom is -0.479 e. The van der Waals surface area contributed by atoms with E-state index in [2.05, 4.69) is 27.8 Å². The van der Waals surface area contributed by atoms with Crippen molar-refractivity contribution in [3.8, 4) is 11.1 Å². The SMILES string of the molecule is O=C(O)CONC(=O)[C@H]1OCC[C@H]1CNC(=O)OCC1c2ccccc2-c2ccccc21. The van der Waals surface area contributed by atoms with Crippen LogP contribution in [0.4, 0.5) is 4.79 Å². The lowest BCUT2D eigenvalue weighted by Crippen LogP contribution is -2.42. The van der Waals surface area contributed by atoms with Crippen LogP contribution in [0.5, 0.6) is 0 Å². The normalized spacial score (nSPS) is 19.1. The second-order valence-corrected chi connectivity index (χ2v) is 7.70. The number of carbonyl (C=O) groups is 3. The summed E-state index contributed by atoms with van der Waals surface area (Å²) in [6, 6.07) is 16.2. The first-order valence-corrected chi connectivity index (χ1v) is 10.4. The molecule has 2 atom stereocenters. The molecule has 0 radical (unpaired) electrons. The zero-order valence-corrected chi connectivity index (χ0v) is 17.3. The zero-order chi connectivity index (χ0) is 22.5. The van der Waals surface area contributed by atoms with Gasteiger partial charge >= 0.3 is 12.1 Å². The summed E-state index contributed by atoms with van der Waals surface area (Å²) in [4.78, 5) is 39.5. The standard InChI is InChI=1S/C23H24N2O7/c26-20(27)13-32-25-22(28)21-14(9-10-30-21)11-24-23(29)31-12-19-17-7-3-1-5-15(17)16-6-2-4-8-18(16)19/h1-8,14,19,21H,9-13H2,(H,24,29)(H,25,28)(H,26,27)/t14-,21-/m0/s1. The number of hydrogen-bond acceptors (Lipinski definition) is 6. The predicted molar refractivity (Wildman–Crippen MR) is 113 cm³/mol. The molecule has 1 fully saturated rings. The number of carboxylic acids is 1. The maximum absolute atomic E-state index is 12.3. The number of alkyl carbamates (subject to hydrolysis) is 1. The first-order chi connectivity index (χ1) is 15.5. The zero-order valence-electron chi connectivity index (χ0n) is 17.3. The average Bonchev–Trinajstić information content (AvgIpc) is 3.39. The number of hydrogen-bond donors (Lipinski definition) is 3. The highest BCUT2D eigenvalue weighted by Gasteiger charge is 2.35. The summed E-state index contributed by atoms with van der Waals surface area (Å²) in [5, 5.41) is 11.3. The van der Waals surface area contributed by atoms with Crippen LogP contribution in [-0.4, -0.2) is 55.5 Å². The first kappa shape index (κ1) is 21.8. The van der Waals surface area contributed by atoms with Gasteiger partial charge in [0.15, 0.2) is 6.61 Å². The van der Waals surface area contributed by atoms with E-state index >= 15 is 0 Å². The van der Waals surface area contributed by atoms with Crippen LogP contribution in [0.25, 0.3) is 11.1 Å². The van der Waals surface area contributed by atoms with Crippen LogP contribution in [0.1, 0.15) is 23.5 Å². The maximum atomic E-state index is 12.3. The molecule has 1 aliphatic carbocycles. The molecule has 2 amide bonds. The molecule has 9 heteroatoms. The van der Waals surface area contributed by atoms with E-state index in [0.29, 0.717) is 13.0 Å². The molecular formula is C23H24N2O7. The molecule has 32 heavy (non-hydrogen) atoms. The Morgan fingerprint density at radius 2 is 1.69 bits per heavy atom. The van der Waals surface area contributed by atoms with Gasteiger partial charge in [0.05, 0.1) is 0 Å². The van der Waals surface area contributed by atoms with Gasteiger partial charge in [0.2, 0.25) is 0 Å². The maximum Gasteiger partial charge on any atom is 0.407 e. The highest BCUT2D eigenvalue weighted by Crippen LogP contribution is 2.44. The van der Waals surface area contributed by atoms with Gasteiger partial charge in [-0.1, -0.05) is 48.5 Å². The van der Waals surface area contributed by atoms with E-state index in [0.717, 1.165) is 22.3 Å². The quantitative estimate of drug-likeness (QED) is 0.537. The van der Waals surface area contributed by atoms with Gasteiger partial charge in [-0.3, -0.25) is 9.63 Å². The minimum absolute atomic E-state index is 0.0344. The molecular weight excluding hydrogens is 416 g/mol. The molecule has 3 N–H and O–H groups in total. The Balaban J connectivity index is 1.28. The number of aliphatic carboxylic acids is 1. The number of carboxylic acid groups (broad SMARTS) is 1. The highest BCUT2D eigenvalue weighted by atomic mass is 16.7. The van der Waals surface area contributed by atoms with Crippen molar-refractivity contribution < 1.29 is 33.8 Å². The van der Waals surface area contributed by atoms with E-state index in [1.54, 1.807) is 0 Å². The third kappa shape index (κ3) is 4.74. The van der Waals surface area contributed by atoms with Crippen LogP contribution in [0.3, 0.4) is 0 Å². The average molecular weight is 440 g/mol. The fraction of sp³-hybridized carbons (Fsp3) is 0.348. The van der Waals surface area contributed by atoms with Gasteiger partial charge < -0.3 is 19.9 Å². The lowest BCUT2D eigenvalue weighted by Gasteiger charge is -2.19. The Kier molecular flexibility index (Phi) is 6.67. The molecule has 9 nitrogen and oxygen atoms in total. The molecule has 0 unspecified atom stereocenters. The molecule has 1 saturated heterocycles. The van der Waals surface area contributed by atoms with E-state index in [1.165, 1.54) is 0 Å². The van der Waals surface area contributed by atoms with Gasteiger partial charge in [-0.15, -0.1) is 0 Å². The summed E-state index contributed by atoms with van der Waals surface area (Å²) in [5.41, 5.74) is 6.63. The Labute approximate surface area is 184 Å². The fourth-order valence-electron chi connectivity index (χ4n) is 4.22. The number of ether oxygens (including phenoxy) is 2. The van der Waals surface area contributed by atoms with Crippen molar-refractivity contribution >= 4 is 18.0 Å². The first-order valence-electron chi connectivity index (χ1n) is 10.4. The van der Waals surface area contributed by atoms with Crippen molar-refractivity contribution in [3.63, 3.8) is 0 Å². The molecule has 1 heterocycles. The fourth-order valence-corrected chi connectivity index (χ4v) is 4.22. The van der Waals surface area contributed by atoms with E-state index in [1.807, 2.05) is 36.4 Å². The van der Waals surface area contributed by atoms with E-state index in [9.17, 15) is 14.4 Å². The van der Waals surface area contributed by atoms with Gasteiger partial charge in [0, 0.05) is 25.0 Å². The number of amides is 2. The Hall–Kier alpha value is -3.43. The van der Waals surface area contributed by atoms with Crippen molar-refractivity contribution in [1.29, 1.82) is 0 Å². The second kappa shape index (κ2) is 9.80. The van der Waals surface area contributed by atoms with E-state index < -0.39 is 30.7 Å². The minimum atomic E-state index is -1.20. The number of nitrogens with one attached hydrogen (secondary N) is 2. The molecule has 168 valence electrons. The van der Waals surface area contributed by atoms with Crippen molar-refractivity contribution in [2.75, 3.05) is 26.4 Å². The van der Waals surface area contributed by atoms with Crippen molar-refractivity contribution in [2.45, 2.75) is 18.4 Å². The number of hydroxylamine groups is 1. The van der Waals surface area contributed by atoms with Gasteiger partial charge in [-0.05, 0) is 28.7 Å². The third-order valence-electron chi connectivity index (χ3n) is 5.69. The summed E-state index contributed by atoms with van der Waals surface area (Å²) < 4.78 is 10.9. The Morgan fingerprint density at radius 1 is 1.03 bits per heavy atom. The summed E-state index contributed by atoms with van der Waals surface area (Å²) >= 11 is 0. The smallest absolute Gasteiger partial charge is 0.407 e. The number of benzene rings is 2. The van der Waals surface area contributed by atoms with Crippen LogP contribution < -0.4 is 10.8 Å². The topological polar surface area (TPSA) is 123 Å². The molecule has 4 rings (SSSR count). The van der Waals surface area contributed by atoms with Crippen molar-refractivity contribution in [2.24, 2.45) is 5.92 Å². The molecule has 0 bridgehead atoms. The van der Waals surface area contributed by atoms with E-state index in [4.69, 9.17) is 14.6 Å². The van der Waals surface area contributed by atoms with Gasteiger partial charge in [-0.2, -0.15) is 0 Å². The monoisotopic (exact) mass is 440 g/mol. The highest BCUT2D eigenvalue weighted by molar-refractivity contribution is 5.81. The molecule has 2 aromatic carbocycles. The van der Waals surface area contributed by atoms with Crippen LogP contribution in [0.15, 0.2) is 48.5 Å². The van der Waals surface area contributed by atoms with Crippen molar-refractivity contribution in [1.82, 2.24) is 10.8 Å². The molecule has 1 aliphatic heterocycles. The summed E-state index contributed by atoms with van der Waals surface area (Å²) in [6.07, 6.45) is -0.835. The van der Waals surface area contributed by atoms with E-state index in [-0.39, 0.29) is 25.0 Å². The Bertz CT molecular complexity index is 964. The lowest BCUT2D eigenvalue weighted by atomic mass is 9.98. The largest absolute Gasteiger partial charge is 0.479 e. The summed E-state index contributed by atoms with van der Waals surface area (Å²) in [5.74, 6) is -2.09. The lowest BCUT2D eigenvalue weighted by molar-refractivity contribution is -0.153. The van der Waals surface area contributed by atoms with Crippen LogP contribution in [0, 0.1) is 5.92 Å². The third-order valence-corrected chi connectivity index (χ3v) is 5.69. The molecule has 2 aliphatic rings. The number of rotatable bonds is 8. The van der Waals surface area contributed by atoms with Crippen LogP contribution in [-0.2, 0) is 23.9 Å².